The molecule has 0 aliphatic heterocycles. The first-order valence-corrected chi connectivity index (χ1v) is 7.16. The Hall–Kier alpha value is -1.48. The average Bonchev–Trinajstić information content (AvgIpc) is 2.48. The zero-order valence-corrected chi connectivity index (χ0v) is 12.1. The van der Waals surface area contributed by atoms with Gasteiger partial charge in [-0.3, -0.25) is 9.97 Å². The highest BCUT2D eigenvalue weighted by molar-refractivity contribution is 5.74. The minimum Gasteiger partial charge on any atom is -0.313 e. The normalized spacial score (nSPS) is 13.1. The molecular weight excluding hydrogens is 234 g/mol. The van der Waals surface area contributed by atoms with Gasteiger partial charge >= 0.3 is 0 Å². The molecule has 19 heavy (non-hydrogen) atoms. The molecule has 1 unspecified atom stereocenters. The summed E-state index contributed by atoms with van der Waals surface area (Å²) in [5.41, 5.74) is 3.25. The first-order chi connectivity index (χ1) is 9.28. The Morgan fingerprint density at radius 1 is 1.05 bits per heavy atom. The summed E-state index contributed by atoms with van der Waals surface area (Å²) in [4.78, 5) is 8.71. The maximum atomic E-state index is 4.39. The van der Waals surface area contributed by atoms with E-state index in [1.54, 1.807) is 12.4 Å². The lowest BCUT2D eigenvalue weighted by atomic mass is 9.91. The van der Waals surface area contributed by atoms with Gasteiger partial charge in [-0.1, -0.05) is 32.8 Å². The first-order valence-electron chi connectivity index (χ1n) is 7.16. The highest BCUT2D eigenvalue weighted by atomic mass is 14.9. The van der Waals surface area contributed by atoms with Crippen molar-refractivity contribution in [2.24, 2.45) is 5.92 Å². The van der Waals surface area contributed by atoms with E-state index in [-0.39, 0.29) is 0 Å². The summed E-state index contributed by atoms with van der Waals surface area (Å²) in [6, 6.07) is 6.79. The first kappa shape index (κ1) is 13.9. The molecule has 3 heteroatoms. The number of hydrogen-bond donors (Lipinski definition) is 1. The van der Waals surface area contributed by atoms with Crippen molar-refractivity contribution in [2.75, 3.05) is 7.05 Å². The minimum absolute atomic E-state index is 0.399. The number of aromatic nitrogens is 2. The molecule has 0 aliphatic rings. The van der Waals surface area contributed by atoms with Crippen molar-refractivity contribution < 1.29 is 0 Å². The Labute approximate surface area is 115 Å². The van der Waals surface area contributed by atoms with Crippen LogP contribution >= 0.6 is 0 Å². The maximum absolute atomic E-state index is 4.39. The average molecular weight is 257 g/mol. The third kappa shape index (κ3) is 3.29. The standard InChI is InChI=1S/C16H23N3/c1-4-12(5-2)10-15(17-3)13-6-7-14-16(11-13)19-9-8-18-14/h6-9,11-12,15,17H,4-5,10H2,1-3H3. The Morgan fingerprint density at radius 2 is 1.74 bits per heavy atom. The van der Waals surface area contributed by atoms with Crippen molar-refractivity contribution in [3.8, 4) is 0 Å². The summed E-state index contributed by atoms with van der Waals surface area (Å²) in [7, 11) is 2.04. The minimum atomic E-state index is 0.399. The molecule has 1 N–H and O–H groups in total. The van der Waals surface area contributed by atoms with E-state index >= 15 is 0 Å². The van der Waals surface area contributed by atoms with Crippen LogP contribution in [-0.4, -0.2) is 17.0 Å². The number of fused-ring (bicyclic) bond motifs is 1. The molecule has 3 nitrogen and oxygen atoms in total. The third-order valence-corrected chi connectivity index (χ3v) is 3.97. The molecule has 0 aliphatic carbocycles. The molecule has 1 aromatic carbocycles. The van der Waals surface area contributed by atoms with Gasteiger partial charge in [0.2, 0.25) is 0 Å². The second kappa shape index (κ2) is 6.62. The fourth-order valence-electron chi connectivity index (χ4n) is 2.57. The molecule has 2 rings (SSSR count). The SMILES string of the molecule is CCC(CC)CC(NC)c1ccc2nccnc2c1. The predicted octanol–water partition coefficient (Wildman–Crippen LogP) is 3.72. The van der Waals surface area contributed by atoms with Gasteiger partial charge in [0.1, 0.15) is 0 Å². The Bertz CT molecular complexity index is 520. The number of rotatable bonds is 6. The van der Waals surface area contributed by atoms with Crippen molar-refractivity contribution in [1.29, 1.82) is 0 Å². The van der Waals surface area contributed by atoms with Crippen LogP contribution in [0.3, 0.4) is 0 Å². The third-order valence-electron chi connectivity index (χ3n) is 3.97. The molecule has 1 aromatic heterocycles. The zero-order chi connectivity index (χ0) is 13.7. The number of nitrogens with one attached hydrogen (secondary N) is 1. The highest BCUT2D eigenvalue weighted by Gasteiger charge is 2.15. The summed E-state index contributed by atoms with van der Waals surface area (Å²) < 4.78 is 0. The van der Waals surface area contributed by atoms with E-state index in [2.05, 4.69) is 47.3 Å². The van der Waals surface area contributed by atoms with Gasteiger partial charge in [-0.15, -0.1) is 0 Å². The summed E-state index contributed by atoms with van der Waals surface area (Å²) in [6.45, 7) is 4.54. The summed E-state index contributed by atoms with van der Waals surface area (Å²) in [5.74, 6) is 0.773. The van der Waals surface area contributed by atoms with E-state index in [1.807, 2.05) is 7.05 Å². The van der Waals surface area contributed by atoms with Gasteiger partial charge in [-0.25, -0.2) is 0 Å². The lowest BCUT2D eigenvalue weighted by molar-refractivity contribution is 0.385. The van der Waals surface area contributed by atoms with E-state index in [9.17, 15) is 0 Å². The van der Waals surface area contributed by atoms with Gasteiger partial charge < -0.3 is 5.32 Å². The molecule has 0 amide bonds. The molecule has 0 saturated carbocycles. The summed E-state index contributed by atoms with van der Waals surface area (Å²) in [5, 5.41) is 3.43. The van der Waals surface area contributed by atoms with Crippen LogP contribution in [0.15, 0.2) is 30.6 Å². The van der Waals surface area contributed by atoms with E-state index < -0.39 is 0 Å². The van der Waals surface area contributed by atoms with Crippen molar-refractivity contribution >= 4 is 11.0 Å². The molecule has 0 spiro atoms. The van der Waals surface area contributed by atoms with Crippen molar-refractivity contribution in [3.05, 3.63) is 36.2 Å². The van der Waals surface area contributed by atoms with Gasteiger partial charge in [0.15, 0.2) is 0 Å². The lowest BCUT2D eigenvalue weighted by Crippen LogP contribution is -2.19. The van der Waals surface area contributed by atoms with E-state index in [0.29, 0.717) is 6.04 Å². The molecule has 0 saturated heterocycles. The summed E-state index contributed by atoms with van der Waals surface area (Å²) >= 11 is 0. The number of benzene rings is 1. The molecule has 0 bridgehead atoms. The molecule has 0 radical (unpaired) electrons. The highest BCUT2D eigenvalue weighted by Crippen LogP contribution is 2.26. The van der Waals surface area contributed by atoms with Crippen molar-refractivity contribution in [3.63, 3.8) is 0 Å². The van der Waals surface area contributed by atoms with Gasteiger partial charge in [-0.2, -0.15) is 0 Å². The molecule has 1 heterocycles. The Morgan fingerprint density at radius 3 is 2.37 bits per heavy atom. The van der Waals surface area contributed by atoms with Crippen LogP contribution in [-0.2, 0) is 0 Å². The fraction of sp³-hybridized carbons (Fsp3) is 0.500. The zero-order valence-electron chi connectivity index (χ0n) is 12.1. The topological polar surface area (TPSA) is 37.8 Å². The largest absolute Gasteiger partial charge is 0.313 e. The van der Waals surface area contributed by atoms with Crippen LogP contribution in [0.1, 0.15) is 44.7 Å². The number of hydrogen-bond acceptors (Lipinski definition) is 3. The fourth-order valence-corrected chi connectivity index (χ4v) is 2.57. The quantitative estimate of drug-likeness (QED) is 0.857. The summed E-state index contributed by atoms with van der Waals surface area (Å²) in [6.07, 6.45) is 7.14. The van der Waals surface area contributed by atoms with E-state index in [1.165, 1.54) is 24.8 Å². The molecule has 102 valence electrons. The van der Waals surface area contributed by atoms with Gasteiger partial charge in [0, 0.05) is 18.4 Å². The Balaban J connectivity index is 2.24. The van der Waals surface area contributed by atoms with Gasteiger partial charge in [0.05, 0.1) is 11.0 Å². The Kier molecular flexibility index (Phi) is 4.86. The van der Waals surface area contributed by atoms with Crippen LogP contribution in [0.2, 0.25) is 0 Å². The lowest BCUT2D eigenvalue weighted by Gasteiger charge is -2.22. The van der Waals surface area contributed by atoms with Crippen molar-refractivity contribution in [1.82, 2.24) is 15.3 Å². The number of nitrogens with zero attached hydrogens (tertiary/aromatic N) is 2. The van der Waals surface area contributed by atoms with Gasteiger partial charge in [0.25, 0.3) is 0 Å². The second-order valence-corrected chi connectivity index (χ2v) is 5.06. The van der Waals surface area contributed by atoms with E-state index in [0.717, 1.165) is 17.0 Å². The van der Waals surface area contributed by atoms with Crippen LogP contribution in [0.5, 0.6) is 0 Å². The molecule has 0 fully saturated rings. The maximum Gasteiger partial charge on any atom is 0.0890 e. The molecule has 1 atom stereocenters. The van der Waals surface area contributed by atoms with Crippen molar-refractivity contribution in [2.45, 2.75) is 39.2 Å². The molecule has 2 aromatic rings. The van der Waals surface area contributed by atoms with Crippen LogP contribution < -0.4 is 5.32 Å². The smallest absolute Gasteiger partial charge is 0.0890 e. The molecular formula is C16H23N3. The van der Waals surface area contributed by atoms with Crippen LogP contribution in [0.25, 0.3) is 11.0 Å². The van der Waals surface area contributed by atoms with E-state index in [4.69, 9.17) is 0 Å². The van der Waals surface area contributed by atoms with Gasteiger partial charge in [-0.05, 0) is 37.1 Å². The monoisotopic (exact) mass is 257 g/mol. The predicted molar refractivity (Wildman–Crippen MR) is 80.0 cm³/mol. The van der Waals surface area contributed by atoms with Crippen LogP contribution in [0.4, 0.5) is 0 Å². The second-order valence-electron chi connectivity index (χ2n) is 5.06. The van der Waals surface area contributed by atoms with Crippen LogP contribution in [0, 0.1) is 5.92 Å².